The molecule has 13 heavy (non-hydrogen) atoms. The summed E-state index contributed by atoms with van der Waals surface area (Å²) in [4.78, 5) is 0. The molecule has 1 N–H and O–H groups in total. The zero-order valence-corrected chi connectivity index (χ0v) is 6.78. The number of aliphatic hydroxyl groups excluding tert-OH is 1. The number of hydrogen-bond acceptors (Lipinski definition) is 3. The van der Waals surface area contributed by atoms with E-state index in [0.29, 0.717) is 0 Å². The van der Waals surface area contributed by atoms with E-state index in [0.717, 1.165) is 0 Å². The molecule has 0 aromatic carbocycles. The van der Waals surface area contributed by atoms with Crippen molar-refractivity contribution in [3.8, 4) is 0 Å². The smallest absolute Gasteiger partial charge is 0.383 e. The zero-order chi connectivity index (χ0) is 10.1. The number of nitrogens with zero attached hydrogens (tertiary/aromatic N) is 3. The fraction of sp³-hybridized carbons (Fsp3) is 0.667. The highest BCUT2D eigenvalue weighted by molar-refractivity contribution is 4.95. The van der Waals surface area contributed by atoms with Crippen LogP contribution in [0.1, 0.15) is 5.69 Å². The van der Waals surface area contributed by atoms with Gasteiger partial charge in [-0.2, -0.15) is 13.2 Å². The fourth-order valence-electron chi connectivity index (χ4n) is 0.803. The summed E-state index contributed by atoms with van der Waals surface area (Å²) in [5.74, 6) is 0. The fourth-order valence-corrected chi connectivity index (χ4v) is 0.803. The van der Waals surface area contributed by atoms with Gasteiger partial charge in [0, 0.05) is 19.7 Å². The summed E-state index contributed by atoms with van der Waals surface area (Å²) in [6.07, 6.45) is -6.20. The number of hydrogen-bond donors (Lipinski definition) is 1. The van der Waals surface area contributed by atoms with Crippen LogP contribution < -0.4 is 0 Å². The Labute approximate surface area is 72.0 Å². The predicted octanol–water partition coefficient (Wildman–Crippen LogP) is 0.281. The topological polar surface area (TPSA) is 50.9 Å². The van der Waals surface area contributed by atoms with Gasteiger partial charge in [-0.05, 0) is 0 Å². The molecule has 0 aliphatic heterocycles. The highest BCUT2D eigenvalue weighted by atomic mass is 19.4. The van der Waals surface area contributed by atoms with Crippen LogP contribution in [0.2, 0.25) is 0 Å². The van der Waals surface area contributed by atoms with Gasteiger partial charge in [-0.1, -0.05) is 5.21 Å². The molecule has 1 aromatic rings. The molecule has 74 valence electrons. The van der Waals surface area contributed by atoms with Crippen molar-refractivity contribution in [3.63, 3.8) is 0 Å². The molecule has 0 bridgehead atoms. The quantitative estimate of drug-likeness (QED) is 0.737. The van der Waals surface area contributed by atoms with Gasteiger partial charge in [0.25, 0.3) is 0 Å². The van der Waals surface area contributed by atoms with Crippen molar-refractivity contribution in [2.45, 2.75) is 18.7 Å². The van der Waals surface area contributed by atoms with Crippen LogP contribution in [0.3, 0.4) is 0 Å². The van der Waals surface area contributed by atoms with E-state index in [1.165, 1.54) is 17.9 Å². The van der Waals surface area contributed by atoms with Gasteiger partial charge in [0.2, 0.25) is 0 Å². The molecule has 0 spiro atoms. The number of rotatable bonds is 2. The minimum atomic E-state index is -4.60. The summed E-state index contributed by atoms with van der Waals surface area (Å²) >= 11 is 0. The van der Waals surface area contributed by atoms with Crippen molar-refractivity contribution in [1.29, 1.82) is 0 Å². The SMILES string of the molecule is Cn1cc(C[C@@H](O)C(F)(F)F)nn1. The lowest BCUT2D eigenvalue weighted by Gasteiger charge is -2.12. The second kappa shape index (κ2) is 3.33. The normalized spacial score (nSPS) is 14.5. The Balaban J connectivity index is 2.60. The third kappa shape index (κ3) is 2.69. The van der Waals surface area contributed by atoms with Gasteiger partial charge >= 0.3 is 6.18 Å². The number of halogens is 3. The monoisotopic (exact) mass is 195 g/mol. The number of aliphatic hydroxyl groups is 1. The molecule has 0 saturated carbocycles. The first-order valence-corrected chi connectivity index (χ1v) is 3.49. The van der Waals surface area contributed by atoms with Crippen LogP contribution in [0.25, 0.3) is 0 Å². The van der Waals surface area contributed by atoms with Crippen molar-refractivity contribution in [1.82, 2.24) is 15.0 Å². The first-order chi connectivity index (χ1) is 5.89. The summed E-state index contributed by atoms with van der Waals surface area (Å²) in [5.41, 5.74) is 0.118. The van der Waals surface area contributed by atoms with E-state index in [9.17, 15) is 13.2 Å². The van der Waals surface area contributed by atoms with Crippen LogP contribution in [0.5, 0.6) is 0 Å². The van der Waals surface area contributed by atoms with E-state index in [2.05, 4.69) is 10.3 Å². The maximum atomic E-state index is 11.8. The Hall–Kier alpha value is -1.11. The average molecular weight is 195 g/mol. The molecule has 0 amide bonds. The van der Waals surface area contributed by atoms with Gasteiger partial charge < -0.3 is 5.11 Å². The van der Waals surface area contributed by atoms with Crippen molar-refractivity contribution >= 4 is 0 Å². The molecule has 0 aliphatic carbocycles. The van der Waals surface area contributed by atoms with E-state index in [1.807, 2.05) is 0 Å². The van der Waals surface area contributed by atoms with Gasteiger partial charge in [-0.25, -0.2) is 0 Å². The minimum absolute atomic E-state index is 0.118. The Bertz CT molecular complexity index is 283. The second-order valence-electron chi connectivity index (χ2n) is 2.65. The molecule has 4 nitrogen and oxygen atoms in total. The van der Waals surface area contributed by atoms with Gasteiger partial charge in [0.1, 0.15) is 0 Å². The van der Waals surface area contributed by atoms with Crippen LogP contribution in [0, 0.1) is 0 Å². The Morgan fingerprint density at radius 3 is 2.62 bits per heavy atom. The first kappa shape index (κ1) is 9.97. The molecule has 0 unspecified atom stereocenters. The number of aryl methyl sites for hydroxylation is 1. The lowest BCUT2D eigenvalue weighted by Crippen LogP contribution is -2.30. The summed E-state index contributed by atoms with van der Waals surface area (Å²) in [6.45, 7) is 0. The third-order valence-electron chi connectivity index (χ3n) is 1.43. The van der Waals surface area contributed by atoms with Crippen molar-refractivity contribution in [2.24, 2.45) is 7.05 Å². The van der Waals surface area contributed by atoms with Crippen molar-refractivity contribution in [3.05, 3.63) is 11.9 Å². The highest BCUT2D eigenvalue weighted by Gasteiger charge is 2.38. The molecule has 0 aliphatic rings. The third-order valence-corrected chi connectivity index (χ3v) is 1.43. The molecule has 1 heterocycles. The number of alkyl halides is 3. The van der Waals surface area contributed by atoms with Gasteiger partial charge in [0.05, 0.1) is 5.69 Å². The van der Waals surface area contributed by atoms with Crippen LogP contribution in [-0.4, -0.2) is 32.4 Å². The average Bonchev–Trinajstić information content (AvgIpc) is 2.33. The van der Waals surface area contributed by atoms with Crippen LogP contribution in [-0.2, 0) is 13.5 Å². The van der Waals surface area contributed by atoms with E-state index in [4.69, 9.17) is 5.11 Å². The lowest BCUT2D eigenvalue weighted by molar-refractivity contribution is -0.203. The Morgan fingerprint density at radius 2 is 2.23 bits per heavy atom. The van der Waals surface area contributed by atoms with Crippen molar-refractivity contribution in [2.75, 3.05) is 0 Å². The largest absolute Gasteiger partial charge is 0.414 e. The molecule has 1 atom stereocenters. The summed E-state index contributed by atoms with van der Waals surface area (Å²) < 4.78 is 36.8. The predicted molar refractivity (Wildman–Crippen MR) is 36.8 cm³/mol. The van der Waals surface area contributed by atoms with E-state index in [-0.39, 0.29) is 5.69 Å². The molecule has 1 rings (SSSR count). The van der Waals surface area contributed by atoms with Crippen LogP contribution in [0.4, 0.5) is 13.2 Å². The summed E-state index contributed by atoms with van der Waals surface area (Å²) in [7, 11) is 1.54. The number of aromatic nitrogens is 3. The van der Waals surface area contributed by atoms with Gasteiger partial charge in [-0.3, -0.25) is 4.68 Å². The second-order valence-corrected chi connectivity index (χ2v) is 2.65. The van der Waals surface area contributed by atoms with Gasteiger partial charge in [-0.15, -0.1) is 5.10 Å². The standard InChI is InChI=1S/C6H8F3N3O/c1-12-3-4(10-11-12)2-5(13)6(7,8)9/h3,5,13H,2H2,1H3/t5-/m1/s1. The van der Waals surface area contributed by atoms with Gasteiger partial charge in [0.15, 0.2) is 6.10 Å². The Morgan fingerprint density at radius 1 is 1.62 bits per heavy atom. The maximum absolute atomic E-state index is 11.8. The Kier molecular flexibility index (Phi) is 2.55. The minimum Gasteiger partial charge on any atom is -0.383 e. The zero-order valence-electron chi connectivity index (χ0n) is 6.78. The van der Waals surface area contributed by atoms with E-state index < -0.39 is 18.7 Å². The molecular formula is C6H8F3N3O. The highest BCUT2D eigenvalue weighted by Crippen LogP contribution is 2.22. The molecule has 0 saturated heterocycles. The summed E-state index contributed by atoms with van der Waals surface area (Å²) in [6, 6.07) is 0. The van der Waals surface area contributed by atoms with Crippen LogP contribution in [0.15, 0.2) is 6.20 Å². The molecule has 0 radical (unpaired) electrons. The van der Waals surface area contributed by atoms with Crippen LogP contribution >= 0.6 is 0 Å². The lowest BCUT2D eigenvalue weighted by atomic mass is 10.2. The molecule has 7 heteroatoms. The maximum Gasteiger partial charge on any atom is 0.414 e. The van der Waals surface area contributed by atoms with E-state index >= 15 is 0 Å². The van der Waals surface area contributed by atoms with Crippen molar-refractivity contribution < 1.29 is 18.3 Å². The van der Waals surface area contributed by atoms with E-state index in [1.54, 1.807) is 0 Å². The molecule has 0 fully saturated rings. The first-order valence-electron chi connectivity index (χ1n) is 3.49. The molecular weight excluding hydrogens is 187 g/mol. The summed E-state index contributed by atoms with van der Waals surface area (Å²) in [5, 5.41) is 15.5. The molecule has 1 aromatic heterocycles.